The van der Waals surface area contributed by atoms with Crippen molar-refractivity contribution in [3.05, 3.63) is 32.6 Å². The summed E-state index contributed by atoms with van der Waals surface area (Å²) in [6, 6.07) is 0. The van der Waals surface area contributed by atoms with Gasteiger partial charge in [0.25, 0.3) is 5.56 Å². The molecule has 1 aromatic rings. The van der Waals surface area contributed by atoms with Crippen molar-refractivity contribution in [1.29, 1.82) is 0 Å². The Labute approximate surface area is 146 Å². The monoisotopic (exact) mass is 350 g/mol. The highest BCUT2D eigenvalue weighted by molar-refractivity contribution is 5.76. The van der Waals surface area contributed by atoms with Crippen molar-refractivity contribution < 1.29 is 9.90 Å². The number of carbonyl (C=O) groups is 1. The van der Waals surface area contributed by atoms with Crippen LogP contribution in [0.4, 0.5) is 0 Å². The minimum absolute atomic E-state index is 0.0635. The lowest BCUT2D eigenvalue weighted by molar-refractivity contribution is -0.135. The Bertz CT molecular complexity index is 749. The lowest BCUT2D eigenvalue weighted by Gasteiger charge is -2.48. The summed E-state index contributed by atoms with van der Waals surface area (Å²) in [4.78, 5) is 41.9. The third-order valence-electron chi connectivity index (χ3n) is 5.47. The maximum absolute atomic E-state index is 12.5. The molecule has 25 heavy (non-hydrogen) atoms. The average Bonchev–Trinajstić information content (AvgIpc) is 2.52. The van der Waals surface area contributed by atoms with E-state index in [2.05, 4.69) is 9.88 Å². The Kier molecular flexibility index (Phi) is 4.83. The highest BCUT2D eigenvalue weighted by atomic mass is 16.3. The SMILES string of the molecule is Cc1cn(CC(=O)N2CCC3(CC2)CC(O)CN(C)C3)c(=O)[nH]c1=O. The molecule has 0 saturated carbocycles. The van der Waals surface area contributed by atoms with E-state index in [0.29, 0.717) is 25.2 Å². The van der Waals surface area contributed by atoms with Crippen molar-refractivity contribution >= 4 is 5.91 Å². The Morgan fingerprint density at radius 2 is 2.04 bits per heavy atom. The van der Waals surface area contributed by atoms with Gasteiger partial charge in [0.1, 0.15) is 6.54 Å². The van der Waals surface area contributed by atoms with Gasteiger partial charge in [0, 0.05) is 37.9 Å². The van der Waals surface area contributed by atoms with Crippen molar-refractivity contribution in [2.24, 2.45) is 5.41 Å². The molecule has 1 aromatic heterocycles. The fourth-order valence-corrected chi connectivity index (χ4v) is 4.20. The van der Waals surface area contributed by atoms with Gasteiger partial charge in [0.2, 0.25) is 5.91 Å². The number of β-amino-alcohol motifs (C(OH)–C–C–N with tert-alkyl or cyclic N) is 1. The van der Waals surface area contributed by atoms with E-state index in [1.807, 2.05) is 7.05 Å². The van der Waals surface area contributed by atoms with Gasteiger partial charge in [0.05, 0.1) is 6.10 Å². The van der Waals surface area contributed by atoms with Crippen molar-refractivity contribution in [3.8, 4) is 0 Å². The summed E-state index contributed by atoms with van der Waals surface area (Å²) < 4.78 is 1.25. The summed E-state index contributed by atoms with van der Waals surface area (Å²) in [5.41, 5.74) is -0.499. The average molecular weight is 350 g/mol. The molecule has 0 aliphatic carbocycles. The van der Waals surface area contributed by atoms with E-state index in [0.717, 1.165) is 25.8 Å². The summed E-state index contributed by atoms with van der Waals surface area (Å²) in [6.45, 7) is 4.47. The second-order valence-corrected chi connectivity index (χ2v) is 7.63. The van der Waals surface area contributed by atoms with Crippen LogP contribution in [-0.2, 0) is 11.3 Å². The second kappa shape index (κ2) is 6.76. The Balaban J connectivity index is 1.63. The highest BCUT2D eigenvalue weighted by Gasteiger charge is 2.41. The Hall–Kier alpha value is -1.93. The minimum atomic E-state index is -0.561. The van der Waals surface area contributed by atoms with Gasteiger partial charge in [-0.2, -0.15) is 0 Å². The number of nitrogens with one attached hydrogen (secondary N) is 1. The van der Waals surface area contributed by atoms with E-state index in [-0.39, 0.29) is 24.0 Å². The van der Waals surface area contributed by atoms with Crippen LogP contribution in [0, 0.1) is 12.3 Å². The summed E-state index contributed by atoms with van der Waals surface area (Å²) >= 11 is 0. The summed E-state index contributed by atoms with van der Waals surface area (Å²) in [5, 5.41) is 10.1. The molecule has 1 spiro atoms. The number of amides is 1. The Morgan fingerprint density at radius 3 is 2.68 bits per heavy atom. The molecule has 3 rings (SSSR count). The second-order valence-electron chi connectivity index (χ2n) is 7.63. The van der Waals surface area contributed by atoms with E-state index in [9.17, 15) is 19.5 Å². The van der Waals surface area contributed by atoms with Gasteiger partial charge >= 0.3 is 5.69 Å². The molecule has 0 radical (unpaired) electrons. The molecule has 8 nitrogen and oxygen atoms in total. The van der Waals surface area contributed by atoms with Crippen LogP contribution in [0.15, 0.2) is 15.8 Å². The summed E-state index contributed by atoms with van der Waals surface area (Å²) in [6.07, 6.45) is 3.64. The van der Waals surface area contributed by atoms with Gasteiger partial charge in [-0.15, -0.1) is 0 Å². The van der Waals surface area contributed by atoms with Gasteiger partial charge < -0.3 is 14.9 Å². The molecule has 138 valence electrons. The number of H-pyrrole nitrogens is 1. The van der Waals surface area contributed by atoms with Crippen molar-refractivity contribution in [1.82, 2.24) is 19.4 Å². The zero-order valence-corrected chi connectivity index (χ0v) is 14.8. The van der Waals surface area contributed by atoms with E-state index >= 15 is 0 Å². The molecule has 0 bridgehead atoms. The first-order valence-electron chi connectivity index (χ1n) is 8.73. The van der Waals surface area contributed by atoms with Crippen LogP contribution >= 0.6 is 0 Å². The zero-order chi connectivity index (χ0) is 18.2. The lowest BCUT2D eigenvalue weighted by atomic mass is 9.72. The number of aromatic nitrogens is 2. The van der Waals surface area contributed by atoms with E-state index < -0.39 is 11.2 Å². The standard InChI is InChI=1S/C17H26N4O4/c1-12-8-21(16(25)18-15(12)24)10-14(23)20-5-3-17(4-6-20)7-13(22)9-19(2)11-17/h8,13,22H,3-7,9-11H2,1-2H3,(H,18,24,25). The van der Waals surface area contributed by atoms with Crippen LogP contribution in [0.3, 0.4) is 0 Å². The predicted octanol–water partition coefficient (Wildman–Crippen LogP) is -0.850. The van der Waals surface area contributed by atoms with Gasteiger partial charge in [-0.25, -0.2) is 4.79 Å². The molecule has 2 aliphatic rings. The van der Waals surface area contributed by atoms with Crippen LogP contribution in [0.1, 0.15) is 24.8 Å². The third kappa shape index (κ3) is 3.85. The number of aliphatic hydroxyl groups excluding tert-OH is 1. The molecule has 8 heteroatoms. The van der Waals surface area contributed by atoms with Crippen molar-refractivity contribution in [2.75, 3.05) is 33.2 Å². The van der Waals surface area contributed by atoms with Gasteiger partial charge in [0.15, 0.2) is 0 Å². The number of aromatic amines is 1. The molecule has 2 saturated heterocycles. The molecule has 2 N–H and O–H groups in total. The molecule has 1 atom stereocenters. The number of aryl methyl sites for hydroxylation is 1. The maximum Gasteiger partial charge on any atom is 0.328 e. The minimum Gasteiger partial charge on any atom is -0.392 e. The number of aliphatic hydroxyl groups is 1. The highest BCUT2D eigenvalue weighted by Crippen LogP contribution is 2.39. The molecule has 1 amide bonds. The van der Waals surface area contributed by atoms with Crippen LogP contribution in [-0.4, -0.2) is 69.7 Å². The van der Waals surface area contributed by atoms with E-state index in [1.165, 1.54) is 10.8 Å². The number of likely N-dealkylation sites (tertiary alicyclic amines) is 2. The van der Waals surface area contributed by atoms with Crippen molar-refractivity contribution in [2.45, 2.75) is 38.8 Å². The third-order valence-corrected chi connectivity index (χ3v) is 5.47. The summed E-state index contributed by atoms with van der Waals surface area (Å²) in [7, 11) is 2.02. The molecule has 2 fully saturated rings. The molecule has 2 aliphatic heterocycles. The molecule has 3 heterocycles. The predicted molar refractivity (Wildman–Crippen MR) is 92.4 cm³/mol. The topological polar surface area (TPSA) is 98.6 Å². The zero-order valence-electron chi connectivity index (χ0n) is 14.8. The number of rotatable bonds is 2. The molecular weight excluding hydrogens is 324 g/mol. The fraction of sp³-hybridized carbons (Fsp3) is 0.706. The van der Waals surface area contributed by atoms with Crippen LogP contribution in [0.5, 0.6) is 0 Å². The van der Waals surface area contributed by atoms with E-state index in [4.69, 9.17) is 0 Å². The van der Waals surface area contributed by atoms with Crippen LogP contribution in [0.2, 0.25) is 0 Å². The molecule has 1 unspecified atom stereocenters. The van der Waals surface area contributed by atoms with Crippen LogP contribution < -0.4 is 11.2 Å². The smallest absolute Gasteiger partial charge is 0.328 e. The first kappa shape index (κ1) is 17.9. The molecular formula is C17H26N4O4. The quantitative estimate of drug-likeness (QED) is 0.724. The lowest BCUT2D eigenvalue weighted by Crippen LogP contribution is -2.53. The first-order chi connectivity index (χ1) is 11.8. The van der Waals surface area contributed by atoms with Gasteiger partial charge in [-0.1, -0.05) is 0 Å². The van der Waals surface area contributed by atoms with E-state index in [1.54, 1.807) is 11.8 Å². The maximum atomic E-state index is 12.5. The normalized spacial score (nSPS) is 23.8. The first-order valence-corrected chi connectivity index (χ1v) is 8.73. The number of piperidine rings is 2. The van der Waals surface area contributed by atoms with Crippen molar-refractivity contribution in [3.63, 3.8) is 0 Å². The number of carbonyl (C=O) groups excluding carboxylic acids is 1. The largest absolute Gasteiger partial charge is 0.392 e. The fourth-order valence-electron chi connectivity index (χ4n) is 4.20. The number of hydrogen-bond donors (Lipinski definition) is 2. The molecule has 0 aromatic carbocycles. The number of likely N-dealkylation sites (N-methyl/N-ethyl adjacent to an activating group) is 1. The van der Waals surface area contributed by atoms with Gasteiger partial charge in [-0.05, 0) is 38.6 Å². The Morgan fingerprint density at radius 1 is 1.36 bits per heavy atom. The number of nitrogens with zero attached hydrogens (tertiary/aromatic N) is 3. The number of hydrogen-bond acceptors (Lipinski definition) is 5. The van der Waals surface area contributed by atoms with Crippen LogP contribution in [0.25, 0.3) is 0 Å². The summed E-state index contributed by atoms with van der Waals surface area (Å²) in [5.74, 6) is -0.117. The van der Waals surface area contributed by atoms with Gasteiger partial charge in [-0.3, -0.25) is 19.1 Å².